The van der Waals surface area contributed by atoms with Gasteiger partial charge in [-0.15, -0.1) is 0 Å². The van der Waals surface area contributed by atoms with Gasteiger partial charge in [0.05, 0.1) is 13.2 Å². The van der Waals surface area contributed by atoms with Crippen LogP contribution in [0.4, 0.5) is 4.39 Å². The van der Waals surface area contributed by atoms with Gasteiger partial charge in [-0.1, -0.05) is 0 Å². The number of nitrogens with two attached hydrogens (primary N) is 1. The van der Waals surface area contributed by atoms with Crippen molar-refractivity contribution in [2.75, 3.05) is 19.8 Å². The molecule has 5 heteroatoms. The highest BCUT2D eigenvalue weighted by molar-refractivity contribution is 5.54. The van der Waals surface area contributed by atoms with Crippen molar-refractivity contribution < 1.29 is 19.0 Å². The second kappa shape index (κ2) is 4.57. The second-order valence-corrected chi connectivity index (χ2v) is 3.60. The van der Waals surface area contributed by atoms with Crippen LogP contribution in [0.15, 0.2) is 6.07 Å². The van der Waals surface area contributed by atoms with E-state index in [2.05, 4.69) is 0 Å². The fourth-order valence-corrected chi connectivity index (χ4v) is 1.71. The van der Waals surface area contributed by atoms with Gasteiger partial charge in [-0.2, -0.15) is 0 Å². The van der Waals surface area contributed by atoms with Crippen molar-refractivity contribution in [3.8, 4) is 17.2 Å². The number of hydrogen-bond donors (Lipinski definition) is 2. The smallest absolute Gasteiger partial charge is 0.169 e. The maximum atomic E-state index is 13.4. The summed E-state index contributed by atoms with van der Waals surface area (Å²) in [6.45, 7) is 1.29. The molecule has 0 aromatic heterocycles. The number of fused-ring (bicyclic) bond motifs is 1. The lowest BCUT2D eigenvalue weighted by atomic mass is 10.1. The van der Waals surface area contributed by atoms with E-state index in [9.17, 15) is 9.50 Å². The van der Waals surface area contributed by atoms with Gasteiger partial charge in [-0.25, -0.2) is 4.39 Å². The van der Waals surface area contributed by atoms with Gasteiger partial charge in [-0.05, 0) is 13.0 Å². The first-order chi connectivity index (χ1) is 7.74. The molecule has 0 bridgehead atoms. The van der Waals surface area contributed by atoms with E-state index < -0.39 is 11.6 Å². The number of phenols is 1. The first-order valence-corrected chi connectivity index (χ1v) is 5.24. The van der Waals surface area contributed by atoms with Crippen molar-refractivity contribution >= 4 is 0 Å². The minimum Gasteiger partial charge on any atom is -0.505 e. The summed E-state index contributed by atoms with van der Waals surface area (Å²) < 4.78 is 24.2. The van der Waals surface area contributed by atoms with Gasteiger partial charge in [0.2, 0.25) is 0 Å². The van der Waals surface area contributed by atoms with E-state index >= 15 is 0 Å². The molecule has 88 valence electrons. The Hall–Kier alpha value is -1.49. The van der Waals surface area contributed by atoms with Gasteiger partial charge in [-0.3, -0.25) is 0 Å². The van der Waals surface area contributed by atoms with Crippen molar-refractivity contribution in [2.24, 2.45) is 5.73 Å². The zero-order chi connectivity index (χ0) is 11.5. The average molecular weight is 227 g/mol. The van der Waals surface area contributed by atoms with E-state index in [1.165, 1.54) is 0 Å². The van der Waals surface area contributed by atoms with Crippen molar-refractivity contribution in [3.63, 3.8) is 0 Å². The van der Waals surface area contributed by atoms with Gasteiger partial charge < -0.3 is 20.3 Å². The van der Waals surface area contributed by atoms with Gasteiger partial charge in [0.25, 0.3) is 0 Å². The van der Waals surface area contributed by atoms with Crippen LogP contribution in [0.25, 0.3) is 0 Å². The predicted molar refractivity (Wildman–Crippen MR) is 56.4 cm³/mol. The molecule has 2 rings (SSSR count). The van der Waals surface area contributed by atoms with Crippen LogP contribution in [0.3, 0.4) is 0 Å². The van der Waals surface area contributed by atoms with Gasteiger partial charge >= 0.3 is 0 Å². The van der Waals surface area contributed by atoms with Crippen molar-refractivity contribution in [1.82, 2.24) is 0 Å². The van der Waals surface area contributed by atoms with E-state index in [0.717, 1.165) is 12.5 Å². The maximum absolute atomic E-state index is 13.4. The number of rotatable bonds is 2. The molecule has 0 unspecified atom stereocenters. The topological polar surface area (TPSA) is 64.7 Å². The zero-order valence-corrected chi connectivity index (χ0v) is 8.83. The highest BCUT2D eigenvalue weighted by atomic mass is 19.1. The van der Waals surface area contributed by atoms with E-state index in [4.69, 9.17) is 15.2 Å². The third kappa shape index (κ3) is 1.90. The molecule has 1 aliphatic rings. The Kier molecular flexibility index (Phi) is 3.14. The molecule has 0 saturated carbocycles. The van der Waals surface area contributed by atoms with Crippen molar-refractivity contribution in [1.29, 1.82) is 0 Å². The molecule has 4 nitrogen and oxygen atoms in total. The molecule has 0 fully saturated rings. The minimum atomic E-state index is -0.701. The normalized spacial score (nSPS) is 14.6. The standard InChI is InChI=1S/C11H14FNO3/c12-8-6-9-11(16-5-1-4-15-9)7(2-3-13)10(8)14/h6,14H,1-5,13H2. The maximum Gasteiger partial charge on any atom is 0.169 e. The van der Waals surface area contributed by atoms with Gasteiger partial charge in [0.1, 0.15) is 0 Å². The third-order valence-electron chi connectivity index (χ3n) is 2.45. The van der Waals surface area contributed by atoms with Crippen LogP contribution >= 0.6 is 0 Å². The fraction of sp³-hybridized carbons (Fsp3) is 0.455. The summed E-state index contributed by atoms with van der Waals surface area (Å²) in [6.07, 6.45) is 1.09. The Bertz CT molecular complexity index is 395. The first-order valence-electron chi connectivity index (χ1n) is 5.24. The summed E-state index contributed by atoms with van der Waals surface area (Å²) in [4.78, 5) is 0. The molecule has 0 aliphatic carbocycles. The van der Waals surface area contributed by atoms with Crippen molar-refractivity contribution in [3.05, 3.63) is 17.4 Å². The summed E-state index contributed by atoms with van der Waals surface area (Å²) in [5.41, 5.74) is 5.81. The Balaban J connectivity index is 2.51. The molecule has 1 aromatic carbocycles. The van der Waals surface area contributed by atoms with Crippen LogP contribution in [-0.2, 0) is 6.42 Å². The SMILES string of the molecule is NCCc1c(O)c(F)cc2c1OCCCO2. The molecule has 0 spiro atoms. The summed E-state index contributed by atoms with van der Waals surface area (Å²) >= 11 is 0. The summed E-state index contributed by atoms with van der Waals surface area (Å²) in [6, 6.07) is 1.15. The van der Waals surface area contributed by atoms with E-state index in [-0.39, 0.29) is 0 Å². The summed E-state index contributed by atoms with van der Waals surface area (Å²) in [7, 11) is 0. The molecular formula is C11H14FNO3. The van der Waals surface area contributed by atoms with E-state index in [1.54, 1.807) is 0 Å². The summed E-state index contributed by atoms with van der Waals surface area (Å²) in [5, 5.41) is 9.61. The highest BCUT2D eigenvalue weighted by Crippen LogP contribution is 2.40. The molecule has 0 saturated heterocycles. The minimum absolute atomic E-state index is 0.312. The highest BCUT2D eigenvalue weighted by Gasteiger charge is 2.21. The Morgan fingerprint density at radius 1 is 1.38 bits per heavy atom. The number of ether oxygens (including phenoxy) is 2. The van der Waals surface area contributed by atoms with E-state index in [1.807, 2.05) is 0 Å². The molecule has 1 aliphatic heterocycles. The van der Waals surface area contributed by atoms with Crippen LogP contribution in [-0.4, -0.2) is 24.9 Å². The molecule has 16 heavy (non-hydrogen) atoms. The molecule has 3 N–H and O–H groups in total. The van der Waals surface area contributed by atoms with Crippen molar-refractivity contribution in [2.45, 2.75) is 12.8 Å². The number of aromatic hydroxyl groups is 1. The number of phenolic OH excluding ortho intramolecular Hbond substituents is 1. The average Bonchev–Trinajstić information content (AvgIpc) is 2.50. The summed E-state index contributed by atoms with van der Waals surface area (Å²) in [5.74, 6) is -0.333. The first kappa shape index (κ1) is 11.0. The Morgan fingerprint density at radius 3 is 2.88 bits per heavy atom. The molecule has 1 aromatic rings. The number of benzene rings is 1. The van der Waals surface area contributed by atoms with Gasteiger partial charge in [0.15, 0.2) is 23.1 Å². The predicted octanol–water partition coefficient (Wildman–Crippen LogP) is 1.19. The van der Waals surface area contributed by atoms with Crippen LogP contribution in [0, 0.1) is 5.82 Å². The quantitative estimate of drug-likeness (QED) is 0.796. The molecule has 0 radical (unpaired) electrons. The lowest BCUT2D eigenvalue weighted by Crippen LogP contribution is -2.06. The van der Waals surface area contributed by atoms with Crippen LogP contribution in [0.2, 0.25) is 0 Å². The van der Waals surface area contributed by atoms with Gasteiger partial charge in [0, 0.05) is 18.1 Å². The van der Waals surface area contributed by atoms with Crippen LogP contribution < -0.4 is 15.2 Å². The third-order valence-corrected chi connectivity index (χ3v) is 2.45. The number of hydrogen-bond acceptors (Lipinski definition) is 4. The molecule has 0 amide bonds. The molecular weight excluding hydrogens is 213 g/mol. The number of halogens is 1. The Morgan fingerprint density at radius 2 is 2.12 bits per heavy atom. The largest absolute Gasteiger partial charge is 0.505 e. The lowest BCUT2D eigenvalue weighted by Gasteiger charge is -2.14. The van der Waals surface area contributed by atoms with E-state index in [0.29, 0.717) is 43.2 Å². The zero-order valence-electron chi connectivity index (χ0n) is 8.83. The van der Waals surface area contributed by atoms with Crippen LogP contribution in [0.1, 0.15) is 12.0 Å². The van der Waals surface area contributed by atoms with Crippen LogP contribution in [0.5, 0.6) is 17.2 Å². The molecule has 1 heterocycles. The Labute approximate surface area is 92.8 Å². The second-order valence-electron chi connectivity index (χ2n) is 3.60. The fourth-order valence-electron chi connectivity index (χ4n) is 1.71. The molecule has 0 atom stereocenters. The monoisotopic (exact) mass is 227 g/mol. The lowest BCUT2D eigenvalue weighted by molar-refractivity contribution is 0.295.